The molecule has 0 radical (unpaired) electrons. The molecule has 3 rings (SSSR count). The summed E-state index contributed by atoms with van der Waals surface area (Å²) in [5.74, 6) is -1.29. The molecular formula is C23H21N3O4. The molecule has 0 aliphatic carbocycles. The van der Waals surface area contributed by atoms with E-state index in [1.807, 2.05) is 30.3 Å². The molecule has 30 heavy (non-hydrogen) atoms. The molecule has 0 saturated carbocycles. The van der Waals surface area contributed by atoms with Crippen molar-refractivity contribution in [1.82, 2.24) is 4.98 Å². The van der Waals surface area contributed by atoms with Crippen LogP contribution in [-0.2, 0) is 19.1 Å². The minimum absolute atomic E-state index is 0.181. The first-order chi connectivity index (χ1) is 14.4. The minimum atomic E-state index is -0.985. The monoisotopic (exact) mass is 403 g/mol. The molecule has 2 aromatic carbocycles. The van der Waals surface area contributed by atoms with Crippen LogP contribution in [-0.4, -0.2) is 28.9 Å². The zero-order valence-electron chi connectivity index (χ0n) is 16.6. The first-order valence-electron chi connectivity index (χ1n) is 9.34. The van der Waals surface area contributed by atoms with Crippen LogP contribution in [0.1, 0.15) is 19.5 Å². The van der Waals surface area contributed by atoms with E-state index in [-0.39, 0.29) is 5.91 Å². The third kappa shape index (κ3) is 5.75. The van der Waals surface area contributed by atoms with E-state index in [1.54, 1.807) is 36.4 Å². The van der Waals surface area contributed by atoms with Crippen LogP contribution in [0.3, 0.4) is 0 Å². The fraction of sp³-hybridized carbons (Fsp3) is 0.130. The second-order valence-corrected chi connectivity index (χ2v) is 6.59. The van der Waals surface area contributed by atoms with Crippen molar-refractivity contribution in [3.8, 4) is 0 Å². The lowest BCUT2D eigenvalue weighted by Gasteiger charge is -2.12. The maximum Gasteiger partial charge on any atom is 0.331 e. The first-order valence-corrected chi connectivity index (χ1v) is 9.34. The summed E-state index contributed by atoms with van der Waals surface area (Å²) in [6.45, 7) is 2.90. The van der Waals surface area contributed by atoms with Gasteiger partial charge in [0.05, 0.1) is 11.2 Å². The Kier molecular flexibility index (Phi) is 6.54. The zero-order chi connectivity index (χ0) is 21.5. The van der Waals surface area contributed by atoms with Crippen LogP contribution in [0.25, 0.3) is 17.0 Å². The van der Waals surface area contributed by atoms with Crippen LogP contribution in [0.5, 0.6) is 0 Å². The molecule has 0 aliphatic heterocycles. The molecule has 2 N–H and O–H groups in total. The summed E-state index contributed by atoms with van der Waals surface area (Å²) >= 11 is 0. The van der Waals surface area contributed by atoms with Crippen LogP contribution in [0, 0.1) is 0 Å². The van der Waals surface area contributed by atoms with E-state index >= 15 is 0 Å². The number of hydrogen-bond acceptors (Lipinski definition) is 5. The number of anilines is 2. The summed E-state index contributed by atoms with van der Waals surface area (Å²) in [5.41, 5.74) is 2.58. The maximum atomic E-state index is 12.2. The highest BCUT2D eigenvalue weighted by atomic mass is 16.5. The summed E-state index contributed by atoms with van der Waals surface area (Å²) in [6, 6.07) is 18.0. The summed E-state index contributed by atoms with van der Waals surface area (Å²) < 4.78 is 5.15. The third-order valence-electron chi connectivity index (χ3n) is 4.15. The molecule has 7 heteroatoms. The number of esters is 1. The number of fused-ring (bicyclic) bond motifs is 1. The van der Waals surface area contributed by atoms with Gasteiger partial charge in [-0.15, -0.1) is 0 Å². The largest absolute Gasteiger partial charge is 0.449 e. The average Bonchev–Trinajstić information content (AvgIpc) is 2.73. The normalized spacial score (nSPS) is 11.8. The Morgan fingerprint density at radius 1 is 0.933 bits per heavy atom. The van der Waals surface area contributed by atoms with Crippen LogP contribution in [0.15, 0.2) is 66.7 Å². The van der Waals surface area contributed by atoms with Gasteiger partial charge in [-0.05, 0) is 49.4 Å². The molecule has 0 bridgehead atoms. The summed E-state index contributed by atoms with van der Waals surface area (Å²) in [4.78, 5) is 39.7. The number of nitrogens with zero attached hydrogens (tertiary/aromatic N) is 1. The predicted molar refractivity (Wildman–Crippen MR) is 116 cm³/mol. The molecule has 0 spiro atoms. The predicted octanol–water partition coefficient (Wildman–Crippen LogP) is 3.78. The van der Waals surface area contributed by atoms with Gasteiger partial charge in [0.15, 0.2) is 6.10 Å². The van der Waals surface area contributed by atoms with Crippen molar-refractivity contribution in [2.75, 3.05) is 10.6 Å². The van der Waals surface area contributed by atoms with Gasteiger partial charge in [0.25, 0.3) is 5.91 Å². The van der Waals surface area contributed by atoms with Crippen molar-refractivity contribution >= 4 is 46.1 Å². The van der Waals surface area contributed by atoms with Gasteiger partial charge in [-0.25, -0.2) is 9.78 Å². The molecular weight excluding hydrogens is 382 g/mol. The molecule has 1 atom stereocenters. The summed E-state index contributed by atoms with van der Waals surface area (Å²) in [6.07, 6.45) is 1.80. The summed E-state index contributed by atoms with van der Waals surface area (Å²) in [7, 11) is 0. The van der Waals surface area contributed by atoms with Gasteiger partial charge in [-0.2, -0.15) is 0 Å². The number of rotatable bonds is 6. The lowest BCUT2D eigenvalue weighted by molar-refractivity contribution is -0.148. The highest BCUT2D eigenvalue weighted by Crippen LogP contribution is 2.15. The van der Waals surface area contributed by atoms with Crippen molar-refractivity contribution in [2.45, 2.75) is 20.0 Å². The number of amides is 2. The minimum Gasteiger partial charge on any atom is -0.449 e. The molecule has 152 valence electrons. The number of aromatic nitrogens is 1. The Labute approximate surface area is 173 Å². The number of nitrogens with one attached hydrogen (secondary N) is 2. The number of benzene rings is 2. The zero-order valence-corrected chi connectivity index (χ0v) is 16.6. The van der Waals surface area contributed by atoms with Crippen LogP contribution in [0.4, 0.5) is 11.4 Å². The quantitative estimate of drug-likeness (QED) is 0.482. The fourth-order valence-corrected chi connectivity index (χ4v) is 2.68. The van der Waals surface area contributed by atoms with Crippen LogP contribution in [0.2, 0.25) is 0 Å². The maximum absolute atomic E-state index is 12.2. The molecule has 3 aromatic rings. The number of ether oxygens (including phenoxy) is 1. The topological polar surface area (TPSA) is 97.4 Å². The van der Waals surface area contributed by atoms with Gasteiger partial charge in [-0.1, -0.05) is 24.3 Å². The van der Waals surface area contributed by atoms with Crippen molar-refractivity contribution in [3.63, 3.8) is 0 Å². The van der Waals surface area contributed by atoms with E-state index in [2.05, 4.69) is 15.6 Å². The van der Waals surface area contributed by atoms with Gasteiger partial charge >= 0.3 is 5.97 Å². The third-order valence-corrected chi connectivity index (χ3v) is 4.15. The molecule has 0 fully saturated rings. The van der Waals surface area contributed by atoms with E-state index in [4.69, 9.17) is 4.74 Å². The first kappa shape index (κ1) is 20.7. The Balaban J connectivity index is 1.54. The van der Waals surface area contributed by atoms with E-state index in [9.17, 15) is 14.4 Å². The molecule has 7 nitrogen and oxygen atoms in total. The van der Waals surface area contributed by atoms with E-state index in [0.717, 1.165) is 10.9 Å². The van der Waals surface area contributed by atoms with Crippen molar-refractivity contribution in [3.05, 3.63) is 72.4 Å². The Hall–Kier alpha value is -4.00. The van der Waals surface area contributed by atoms with Gasteiger partial charge < -0.3 is 15.4 Å². The highest BCUT2D eigenvalue weighted by molar-refractivity contribution is 5.97. The smallest absolute Gasteiger partial charge is 0.331 e. The van der Waals surface area contributed by atoms with Crippen LogP contribution >= 0.6 is 0 Å². The van der Waals surface area contributed by atoms with Crippen molar-refractivity contribution in [2.24, 2.45) is 0 Å². The van der Waals surface area contributed by atoms with Crippen molar-refractivity contribution in [1.29, 1.82) is 0 Å². The van der Waals surface area contributed by atoms with E-state index in [1.165, 1.54) is 19.9 Å². The second-order valence-electron chi connectivity index (χ2n) is 6.59. The highest BCUT2D eigenvalue weighted by Gasteiger charge is 2.16. The average molecular weight is 403 g/mol. The van der Waals surface area contributed by atoms with E-state index in [0.29, 0.717) is 17.1 Å². The fourth-order valence-electron chi connectivity index (χ4n) is 2.68. The van der Waals surface area contributed by atoms with Gasteiger partial charge in [0.2, 0.25) is 5.91 Å². The summed E-state index contributed by atoms with van der Waals surface area (Å²) in [5, 5.41) is 6.30. The van der Waals surface area contributed by atoms with Crippen LogP contribution < -0.4 is 10.6 Å². The SMILES string of the molecule is CC(=O)Nc1ccc(NC(=O)[C@H](C)OC(=O)/C=C\c2ccc3ccccc3n2)cc1. The van der Waals surface area contributed by atoms with Gasteiger partial charge in [0.1, 0.15) is 0 Å². The number of pyridine rings is 1. The number of para-hydroxylation sites is 1. The van der Waals surface area contributed by atoms with Crippen molar-refractivity contribution < 1.29 is 19.1 Å². The van der Waals surface area contributed by atoms with Gasteiger partial charge in [-0.3, -0.25) is 9.59 Å². The molecule has 0 saturated heterocycles. The molecule has 0 aliphatic rings. The Morgan fingerprint density at radius 2 is 1.60 bits per heavy atom. The lowest BCUT2D eigenvalue weighted by atomic mass is 10.2. The molecule has 2 amide bonds. The molecule has 0 unspecified atom stereocenters. The van der Waals surface area contributed by atoms with Gasteiger partial charge in [0, 0.05) is 29.8 Å². The number of carbonyl (C=O) groups excluding carboxylic acids is 3. The lowest BCUT2D eigenvalue weighted by Crippen LogP contribution is -2.29. The molecule has 1 aromatic heterocycles. The molecule has 1 heterocycles. The standard InChI is InChI=1S/C23H21N3O4/c1-15(23(29)26-20-11-9-18(10-12-20)24-16(2)27)30-22(28)14-13-19-8-7-17-5-3-4-6-21(17)25-19/h3-15H,1-2H3,(H,24,27)(H,26,29)/b14-13-/t15-/m0/s1. The number of hydrogen-bond donors (Lipinski definition) is 2. The second kappa shape index (κ2) is 9.47. The number of carbonyl (C=O) groups is 3. The Bertz CT molecular complexity index is 1110. The van der Waals surface area contributed by atoms with E-state index < -0.39 is 18.0 Å². The Morgan fingerprint density at radius 3 is 2.30 bits per heavy atom.